The van der Waals surface area contributed by atoms with Gasteiger partial charge in [-0.25, -0.2) is 0 Å². The molecule has 5 heteroatoms. The number of amides is 1. The second kappa shape index (κ2) is 5.82. The molecule has 0 aliphatic rings. The summed E-state index contributed by atoms with van der Waals surface area (Å²) in [5, 5.41) is 6.92. The van der Waals surface area contributed by atoms with Crippen LogP contribution in [0.2, 0.25) is 0 Å². The standard InChI is InChI=1S/C12H22N4O/c1-8(2)5-9(3)15-12(17)11(13)10-6-14-16(4)7-10/h6-9,11H,5,13H2,1-4H3,(H,15,17). The Kier molecular flexibility index (Phi) is 4.69. The van der Waals surface area contributed by atoms with Crippen molar-refractivity contribution >= 4 is 5.91 Å². The van der Waals surface area contributed by atoms with E-state index in [0.717, 1.165) is 12.0 Å². The van der Waals surface area contributed by atoms with Gasteiger partial charge in [-0.3, -0.25) is 9.48 Å². The summed E-state index contributed by atoms with van der Waals surface area (Å²) in [5.74, 6) is 0.408. The monoisotopic (exact) mass is 238 g/mol. The molecule has 3 N–H and O–H groups in total. The van der Waals surface area contributed by atoms with Crippen molar-refractivity contribution in [2.75, 3.05) is 0 Å². The SMILES string of the molecule is CC(C)CC(C)NC(=O)C(N)c1cnn(C)c1. The molecule has 1 aromatic rings. The molecule has 0 bridgehead atoms. The Morgan fingerprint density at radius 1 is 1.53 bits per heavy atom. The van der Waals surface area contributed by atoms with Gasteiger partial charge in [-0.15, -0.1) is 0 Å². The molecule has 2 atom stereocenters. The Morgan fingerprint density at radius 2 is 2.18 bits per heavy atom. The lowest BCUT2D eigenvalue weighted by molar-refractivity contribution is -0.123. The summed E-state index contributed by atoms with van der Waals surface area (Å²) in [4.78, 5) is 11.9. The van der Waals surface area contributed by atoms with Crippen LogP contribution in [0.1, 0.15) is 38.8 Å². The Hall–Kier alpha value is -1.36. The summed E-state index contributed by atoms with van der Waals surface area (Å²) >= 11 is 0. The minimum atomic E-state index is -0.640. The zero-order chi connectivity index (χ0) is 13.0. The predicted octanol–water partition coefficient (Wildman–Crippen LogP) is 0.971. The van der Waals surface area contributed by atoms with Gasteiger partial charge in [0.05, 0.1) is 6.20 Å². The summed E-state index contributed by atoms with van der Waals surface area (Å²) in [6, 6.07) is -0.497. The molecule has 96 valence electrons. The normalized spacial score (nSPS) is 14.7. The second-order valence-corrected chi connectivity index (χ2v) is 4.96. The van der Waals surface area contributed by atoms with Gasteiger partial charge in [0.1, 0.15) is 6.04 Å². The van der Waals surface area contributed by atoms with E-state index in [1.807, 2.05) is 6.92 Å². The summed E-state index contributed by atoms with van der Waals surface area (Å²) in [6.07, 6.45) is 4.33. The zero-order valence-electron chi connectivity index (χ0n) is 11.0. The molecule has 0 aliphatic heterocycles. The Morgan fingerprint density at radius 3 is 2.65 bits per heavy atom. The maximum absolute atomic E-state index is 11.9. The van der Waals surface area contributed by atoms with Crippen LogP contribution in [-0.2, 0) is 11.8 Å². The first-order valence-electron chi connectivity index (χ1n) is 5.94. The van der Waals surface area contributed by atoms with Gasteiger partial charge in [-0.1, -0.05) is 13.8 Å². The number of hydrogen-bond acceptors (Lipinski definition) is 3. The van der Waals surface area contributed by atoms with Crippen molar-refractivity contribution < 1.29 is 4.79 Å². The number of hydrogen-bond donors (Lipinski definition) is 2. The average Bonchev–Trinajstić information content (AvgIpc) is 2.62. The fraction of sp³-hybridized carbons (Fsp3) is 0.667. The molecule has 17 heavy (non-hydrogen) atoms. The van der Waals surface area contributed by atoms with E-state index in [0.29, 0.717) is 5.92 Å². The largest absolute Gasteiger partial charge is 0.352 e. The molecular weight excluding hydrogens is 216 g/mol. The molecule has 1 aromatic heterocycles. The van der Waals surface area contributed by atoms with Crippen LogP contribution in [0.3, 0.4) is 0 Å². The van der Waals surface area contributed by atoms with E-state index in [4.69, 9.17) is 5.73 Å². The molecule has 0 saturated carbocycles. The molecule has 0 aromatic carbocycles. The molecule has 0 saturated heterocycles. The highest BCUT2D eigenvalue weighted by Crippen LogP contribution is 2.10. The smallest absolute Gasteiger partial charge is 0.241 e. The lowest BCUT2D eigenvalue weighted by atomic mass is 10.0. The van der Waals surface area contributed by atoms with Gasteiger partial charge in [-0.2, -0.15) is 5.10 Å². The highest BCUT2D eigenvalue weighted by Gasteiger charge is 2.19. The van der Waals surface area contributed by atoms with Crippen molar-refractivity contribution in [3.8, 4) is 0 Å². The Balaban J connectivity index is 2.53. The molecule has 0 fully saturated rings. The van der Waals surface area contributed by atoms with Crippen molar-refractivity contribution in [2.45, 2.75) is 39.3 Å². The molecule has 1 amide bonds. The second-order valence-electron chi connectivity index (χ2n) is 4.96. The number of carbonyl (C=O) groups is 1. The third kappa shape index (κ3) is 4.19. The van der Waals surface area contributed by atoms with Crippen LogP contribution < -0.4 is 11.1 Å². The van der Waals surface area contributed by atoms with E-state index in [-0.39, 0.29) is 11.9 Å². The highest BCUT2D eigenvalue weighted by molar-refractivity contribution is 5.82. The van der Waals surface area contributed by atoms with Gasteiger partial charge in [0, 0.05) is 24.8 Å². The zero-order valence-corrected chi connectivity index (χ0v) is 11.0. The minimum Gasteiger partial charge on any atom is -0.352 e. The molecule has 0 spiro atoms. The Labute approximate surface area is 102 Å². The Bertz CT molecular complexity index is 372. The van der Waals surface area contributed by atoms with Gasteiger partial charge in [0.15, 0.2) is 0 Å². The molecule has 0 aliphatic carbocycles. The first-order valence-corrected chi connectivity index (χ1v) is 5.94. The number of aromatic nitrogens is 2. The van der Waals surface area contributed by atoms with Gasteiger partial charge in [0.2, 0.25) is 5.91 Å². The fourth-order valence-electron chi connectivity index (χ4n) is 1.85. The van der Waals surface area contributed by atoms with Crippen molar-refractivity contribution in [1.82, 2.24) is 15.1 Å². The van der Waals surface area contributed by atoms with Crippen molar-refractivity contribution in [1.29, 1.82) is 0 Å². The van der Waals surface area contributed by atoms with Crippen LogP contribution in [0.5, 0.6) is 0 Å². The summed E-state index contributed by atoms with van der Waals surface area (Å²) in [5.41, 5.74) is 6.60. The van der Waals surface area contributed by atoms with E-state index in [1.165, 1.54) is 0 Å². The average molecular weight is 238 g/mol. The maximum Gasteiger partial charge on any atom is 0.241 e. The van der Waals surface area contributed by atoms with E-state index >= 15 is 0 Å². The number of nitrogens with one attached hydrogen (secondary N) is 1. The molecule has 1 heterocycles. The molecular formula is C12H22N4O. The third-order valence-electron chi connectivity index (χ3n) is 2.58. The van der Waals surface area contributed by atoms with Crippen LogP contribution in [-0.4, -0.2) is 21.7 Å². The van der Waals surface area contributed by atoms with Crippen molar-refractivity contribution in [3.63, 3.8) is 0 Å². The van der Waals surface area contributed by atoms with E-state index in [2.05, 4.69) is 24.3 Å². The summed E-state index contributed by atoms with van der Waals surface area (Å²) in [6.45, 7) is 6.25. The van der Waals surface area contributed by atoms with E-state index in [1.54, 1.807) is 24.1 Å². The fourth-order valence-corrected chi connectivity index (χ4v) is 1.85. The molecule has 1 rings (SSSR count). The van der Waals surface area contributed by atoms with Gasteiger partial charge >= 0.3 is 0 Å². The number of carbonyl (C=O) groups excluding carboxylic acids is 1. The third-order valence-corrected chi connectivity index (χ3v) is 2.58. The van der Waals surface area contributed by atoms with Crippen molar-refractivity contribution in [2.24, 2.45) is 18.7 Å². The van der Waals surface area contributed by atoms with Crippen LogP contribution in [0.4, 0.5) is 0 Å². The maximum atomic E-state index is 11.9. The quantitative estimate of drug-likeness (QED) is 0.803. The van der Waals surface area contributed by atoms with Crippen LogP contribution in [0, 0.1) is 5.92 Å². The predicted molar refractivity (Wildman–Crippen MR) is 67.2 cm³/mol. The van der Waals surface area contributed by atoms with Crippen LogP contribution >= 0.6 is 0 Å². The number of aryl methyl sites for hydroxylation is 1. The lowest BCUT2D eigenvalue weighted by Crippen LogP contribution is -2.39. The summed E-state index contributed by atoms with van der Waals surface area (Å²) in [7, 11) is 1.80. The topological polar surface area (TPSA) is 72.9 Å². The van der Waals surface area contributed by atoms with Gasteiger partial charge < -0.3 is 11.1 Å². The van der Waals surface area contributed by atoms with Crippen molar-refractivity contribution in [3.05, 3.63) is 18.0 Å². The van der Waals surface area contributed by atoms with E-state index in [9.17, 15) is 4.79 Å². The molecule has 0 radical (unpaired) electrons. The number of rotatable bonds is 5. The number of nitrogens with zero attached hydrogens (tertiary/aromatic N) is 2. The molecule has 2 unspecified atom stereocenters. The molecule has 5 nitrogen and oxygen atoms in total. The van der Waals surface area contributed by atoms with Gasteiger partial charge in [0.25, 0.3) is 0 Å². The van der Waals surface area contributed by atoms with Gasteiger partial charge in [-0.05, 0) is 19.3 Å². The highest BCUT2D eigenvalue weighted by atomic mass is 16.2. The lowest BCUT2D eigenvalue weighted by Gasteiger charge is -2.18. The van der Waals surface area contributed by atoms with E-state index < -0.39 is 6.04 Å². The summed E-state index contributed by atoms with van der Waals surface area (Å²) < 4.78 is 1.64. The first kappa shape index (κ1) is 13.7. The minimum absolute atomic E-state index is 0.144. The van der Waals surface area contributed by atoms with Crippen LogP contribution in [0.25, 0.3) is 0 Å². The van der Waals surface area contributed by atoms with Crippen LogP contribution in [0.15, 0.2) is 12.4 Å². The first-order chi connectivity index (χ1) is 7.90. The number of nitrogens with two attached hydrogens (primary N) is 1.